The Balaban J connectivity index is 2.14. The molecule has 1 unspecified atom stereocenters. The van der Waals surface area contributed by atoms with Crippen LogP contribution in [0.3, 0.4) is 0 Å². The topological polar surface area (TPSA) is 26.3 Å². The smallest absolute Gasteiger partial charge is 0.306 e. The SMILES string of the molecule is O=C1CC(c2ccc(F)cc2)CCO1. The summed E-state index contributed by atoms with van der Waals surface area (Å²) in [6.45, 7) is 0.473. The number of cyclic esters (lactones) is 1. The second-order valence-electron chi connectivity index (χ2n) is 3.46. The van der Waals surface area contributed by atoms with Gasteiger partial charge in [0.2, 0.25) is 0 Å². The van der Waals surface area contributed by atoms with Gasteiger partial charge >= 0.3 is 5.97 Å². The zero-order chi connectivity index (χ0) is 9.97. The number of carbonyl (C=O) groups is 1. The molecule has 0 aromatic heterocycles. The van der Waals surface area contributed by atoms with Gasteiger partial charge in [0.25, 0.3) is 0 Å². The van der Waals surface area contributed by atoms with E-state index in [0.29, 0.717) is 13.0 Å². The first-order valence-electron chi connectivity index (χ1n) is 4.67. The average molecular weight is 194 g/mol. The molecule has 0 amide bonds. The minimum atomic E-state index is -0.243. The molecular formula is C11H11FO2. The van der Waals surface area contributed by atoms with Crippen LogP contribution in [-0.2, 0) is 9.53 Å². The van der Waals surface area contributed by atoms with Gasteiger partial charge in [0.05, 0.1) is 13.0 Å². The Hall–Kier alpha value is -1.38. The highest BCUT2D eigenvalue weighted by molar-refractivity contribution is 5.71. The maximum absolute atomic E-state index is 12.6. The van der Waals surface area contributed by atoms with Crippen LogP contribution in [0, 0.1) is 5.82 Å². The molecule has 14 heavy (non-hydrogen) atoms. The Bertz CT molecular complexity index is 332. The molecule has 1 saturated heterocycles. The molecule has 1 aliphatic heterocycles. The summed E-state index contributed by atoms with van der Waals surface area (Å²) in [4.78, 5) is 11.0. The number of hydrogen-bond acceptors (Lipinski definition) is 2. The molecule has 1 aliphatic rings. The molecule has 2 rings (SSSR count). The lowest BCUT2D eigenvalue weighted by Crippen LogP contribution is -2.19. The van der Waals surface area contributed by atoms with Crippen molar-refractivity contribution in [3.05, 3.63) is 35.6 Å². The lowest BCUT2D eigenvalue weighted by atomic mass is 9.91. The predicted molar refractivity (Wildman–Crippen MR) is 49.3 cm³/mol. The highest BCUT2D eigenvalue weighted by Crippen LogP contribution is 2.27. The molecule has 1 atom stereocenters. The third kappa shape index (κ3) is 1.92. The van der Waals surface area contributed by atoms with E-state index in [2.05, 4.69) is 0 Å². The van der Waals surface area contributed by atoms with Crippen LogP contribution in [-0.4, -0.2) is 12.6 Å². The monoisotopic (exact) mass is 194 g/mol. The minimum absolute atomic E-state index is 0.162. The van der Waals surface area contributed by atoms with Crippen molar-refractivity contribution in [2.45, 2.75) is 18.8 Å². The second kappa shape index (κ2) is 3.78. The van der Waals surface area contributed by atoms with Gasteiger partial charge in [0.15, 0.2) is 0 Å². The number of hydrogen-bond donors (Lipinski definition) is 0. The highest BCUT2D eigenvalue weighted by atomic mass is 19.1. The number of rotatable bonds is 1. The van der Waals surface area contributed by atoms with Gasteiger partial charge in [0.1, 0.15) is 5.82 Å². The fraction of sp³-hybridized carbons (Fsp3) is 0.364. The Morgan fingerprint density at radius 1 is 1.29 bits per heavy atom. The van der Waals surface area contributed by atoms with Gasteiger partial charge in [-0.05, 0) is 30.0 Å². The summed E-state index contributed by atoms with van der Waals surface area (Å²) in [5.41, 5.74) is 1.02. The van der Waals surface area contributed by atoms with Crippen LogP contribution in [0.1, 0.15) is 24.3 Å². The van der Waals surface area contributed by atoms with Crippen molar-refractivity contribution in [3.8, 4) is 0 Å². The summed E-state index contributed by atoms with van der Waals surface area (Å²) in [6.07, 6.45) is 1.24. The van der Waals surface area contributed by atoms with Crippen molar-refractivity contribution in [3.63, 3.8) is 0 Å². The first-order chi connectivity index (χ1) is 6.75. The van der Waals surface area contributed by atoms with Gasteiger partial charge in [-0.3, -0.25) is 4.79 Å². The van der Waals surface area contributed by atoms with Gasteiger partial charge in [-0.2, -0.15) is 0 Å². The molecule has 1 heterocycles. The van der Waals surface area contributed by atoms with E-state index >= 15 is 0 Å². The van der Waals surface area contributed by atoms with E-state index < -0.39 is 0 Å². The molecule has 2 nitrogen and oxygen atoms in total. The van der Waals surface area contributed by atoms with Crippen LogP contribution in [0.5, 0.6) is 0 Å². The van der Waals surface area contributed by atoms with Gasteiger partial charge in [-0.15, -0.1) is 0 Å². The quantitative estimate of drug-likeness (QED) is 0.641. The molecular weight excluding hydrogens is 183 g/mol. The van der Waals surface area contributed by atoms with Gasteiger partial charge in [-0.1, -0.05) is 12.1 Å². The van der Waals surface area contributed by atoms with E-state index in [4.69, 9.17) is 4.74 Å². The van der Waals surface area contributed by atoms with Gasteiger partial charge < -0.3 is 4.74 Å². The van der Waals surface area contributed by atoms with Gasteiger partial charge in [-0.25, -0.2) is 4.39 Å². The molecule has 0 radical (unpaired) electrons. The van der Waals surface area contributed by atoms with Crippen molar-refractivity contribution in [2.75, 3.05) is 6.61 Å². The van der Waals surface area contributed by atoms with E-state index in [-0.39, 0.29) is 17.7 Å². The van der Waals surface area contributed by atoms with E-state index in [1.54, 1.807) is 12.1 Å². The van der Waals surface area contributed by atoms with Gasteiger partial charge in [0, 0.05) is 0 Å². The Labute approximate surface area is 81.7 Å². The van der Waals surface area contributed by atoms with E-state index in [1.807, 2.05) is 0 Å². The molecule has 3 heteroatoms. The lowest BCUT2D eigenvalue weighted by Gasteiger charge is -2.21. The summed E-state index contributed by atoms with van der Waals surface area (Å²) in [5.74, 6) is -0.213. The molecule has 0 aliphatic carbocycles. The van der Waals surface area contributed by atoms with Crippen molar-refractivity contribution >= 4 is 5.97 Å². The lowest BCUT2D eigenvalue weighted by molar-refractivity contribution is -0.147. The largest absolute Gasteiger partial charge is 0.466 e. The van der Waals surface area contributed by atoms with Crippen molar-refractivity contribution < 1.29 is 13.9 Å². The number of ether oxygens (including phenoxy) is 1. The number of esters is 1. The molecule has 1 aromatic rings. The van der Waals surface area contributed by atoms with Crippen molar-refractivity contribution in [2.24, 2.45) is 0 Å². The summed E-state index contributed by atoms with van der Waals surface area (Å²) >= 11 is 0. The number of carbonyl (C=O) groups excluding carboxylic acids is 1. The van der Waals surface area contributed by atoms with Crippen LogP contribution in [0.2, 0.25) is 0 Å². The fourth-order valence-corrected chi connectivity index (χ4v) is 1.70. The first kappa shape index (κ1) is 9.19. The summed E-state index contributed by atoms with van der Waals surface area (Å²) in [5, 5.41) is 0. The normalized spacial score (nSPS) is 21.8. The standard InChI is InChI=1S/C11H11FO2/c12-10-3-1-8(2-4-10)9-5-6-14-11(13)7-9/h1-4,9H,5-7H2. The van der Waals surface area contributed by atoms with E-state index in [9.17, 15) is 9.18 Å². The third-order valence-electron chi connectivity index (χ3n) is 2.48. The van der Waals surface area contributed by atoms with Crippen molar-refractivity contribution in [1.29, 1.82) is 0 Å². The maximum Gasteiger partial charge on any atom is 0.306 e. The Morgan fingerprint density at radius 2 is 2.00 bits per heavy atom. The minimum Gasteiger partial charge on any atom is -0.466 e. The summed E-state index contributed by atoms with van der Waals surface area (Å²) in [6, 6.07) is 6.32. The molecule has 0 bridgehead atoms. The van der Waals surface area contributed by atoms with Crippen LogP contribution in [0.4, 0.5) is 4.39 Å². The van der Waals surface area contributed by atoms with Crippen LogP contribution in [0.15, 0.2) is 24.3 Å². The Morgan fingerprint density at radius 3 is 2.64 bits per heavy atom. The zero-order valence-corrected chi connectivity index (χ0v) is 7.70. The van der Waals surface area contributed by atoms with Crippen LogP contribution in [0.25, 0.3) is 0 Å². The van der Waals surface area contributed by atoms with Crippen LogP contribution >= 0.6 is 0 Å². The molecule has 0 spiro atoms. The predicted octanol–water partition coefficient (Wildman–Crippen LogP) is 2.25. The molecule has 1 aromatic carbocycles. The molecule has 74 valence electrons. The maximum atomic E-state index is 12.6. The Kier molecular flexibility index (Phi) is 2.48. The van der Waals surface area contributed by atoms with Crippen LogP contribution < -0.4 is 0 Å². The molecule has 0 N–H and O–H groups in total. The molecule has 1 fully saturated rings. The third-order valence-corrected chi connectivity index (χ3v) is 2.48. The zero-order valence-electron chi connectivity index (χ0n) is 7.70. The van der Waals surface area contributed by atoms with E-state index in [1.165, 1.54) is 12.1 Å². The number of halogens is 1. The van der Waals surface area contributed by atoms with E-state index in [0.717, 1.165) is 12.0 Å². The average Bonchev–Trinajstić information content (AvgIpc) is 2.19. The fourth-order valence-electron chi connectivity index (χ4n) is 1.70. The summed E-state index contributed by atoms with van der Waals surface area (Å²) < 4.78 is 17.5. The highest BCUT2D eigenvalue weighted by Gasteiger charge is 2.21. The molecule has 0 saturated carbocycles. The van der Waals surface area contributed by atoms with Crippen molar-refractivity contribution in [1.82, 2.24) is 0 Å². The second-order valence-corrected chi connectivity index (χ2v) is 3.46. The summed E-state index contributed by atoms with van der Waals surface area (Å²) in [7, 11) is 0. The number of benzene rings is 1. The first-order valence-corrected chi connectivity index (χ1v) is 4.67.